The Balaban J connectivity index is 0.984. The quantitative estimate of drug-likeness (QED) is 0.0555. The Morgan fingerprint density at radius 3 is 1.90 bits per heavy atom. The van der Waals surface area contributed by atoms with E-state index >= 15 is 0 Å². The number of anilines is 2. The number of amides is 2. The molecule has 3 aromatic carbocycles. The standard InChI is InChI=1S/C55H68N14O8/c1-11-24-63(30-42-34-69(62-59-42)54(36(6)56-38(8)70)77-52(35-74-39(9)71)37(7)75-40(10)72)29-41-31-66(60-57-41)25-26-67-32-43(58-61-67)33-68-53(73)46-18-16-17-19-47(46)55(68)48-22-20-44(64(12-2)13-3)27-50(48)76-51-28-45(21-23-49(51)55)65(14-4)15-5/h1,16-23,27-28,31-32,34,36-37,52,54H,12-15,24-26,29-30,33,35H2,2-10H3,(H,56,70). The topological polar surface area (TPSA) is 222 Å². The minimum Gasteiger partial charge on any atom is -0.463 e. The van der Waals surface area contributed by atoms with Crippen molar-refractivity contribution in [1.82, 2.24) is 60.1 Å². The summed E-state index contributed by atoms with van der Waals surface area (Å²) in [7, 11) is 0. The highest BCUT2D eigenvalue weighted by Crippen LogP contribution is 2.58. The number of fused-ring (bicyclic) bond motifs is 6. The second-order valence-corrected chi connectivity index (χ2v) is 19.1. The number of rotatable bonds is 25. The Hall–Kier alpha value is -8.16. The number of benzene rings is 3. The van der Waals surface area contributed by atoms with Crippen molar-refractivity contribution in [1.29, 1.82) is 0 Å². The summed E-state index contributed by atoms with van der Waals surface area (Å²) in [5.74, 6) is 2.58. The number of carbonyl (C=O) groups excluding carboxylic acids is 4. The van der Waals surface area contributed by atoms with Crippen molar-refractivity contribution in [3.8, 4) is 23.8 Å². The molecule has 2 amide bonds. The molecule has 1 spiro atoms. The van der Waals surface area contributed by atoms with Crippen LogP contribution in [0.1, 0.15) is 113 Å². The maximum Gasteiger partial charge on any atom is 0.302 e. The van der Waals surface area contributed by atoms with E-state index in [1.165, 1.54) is 25.5 Å². The largest absolute Gasteiger partial charge is 0.463 e. The molecule has 2 aliphatic rings. The van der Waals surface area contributed by atoms with Crippen molar-refractivity contribution in [3.05, 3.63) is 119 Å². The number of terminal acetylenes is 1. The van der Waals surface area contributed by atoms with E-state index in [-0.39, 0.29) is 38.1 Å². The fourth-order valence-electron chi connectivity index (χ4n) is 10.3. The molecule has 1 N–H and O–H groups in total. The molecule has 5 heterocycles. The van der Waals surface area contributed by atoms with Crippen LogP contribution in [-0.4, -0.2) is 136 Å². The Kier molecular flexibility index (Phi) is 17.3. The Labute approximate surface area is 448 Å². The van der Waals surface area contributed by atoms with Gasteiger partial charge in [0.05, 0.1) is 56.0 Å². The monoisotopic (exact) mass is 1050 g/mol. The van der Waals surface area contributed by atoms with Gasteiger partial charge in [-0.15, -0.1) is 21.7 Å². The SMILES string of the molecule is C#CCN(Cc1cn(CCn2cc(CN3C(=O)c4ccccc4C34c3ccc(N(CC)CC)cc3Oc3cc(N(CC)CC)ccc34)nn2)nn1)Cc1cn(C(OC(COC(C)=O)C(C)OC(C)=O)C(C)NC(C)=O)nn1. The highest BCUT2D eigenvalue weighted by atomic mass is 16.6. The van der Waals surface area contributed by atoms with Crippen LogP contribution in [0, 0.1) is 12.3 Å². The number of hydrogen-bond acceptors (Lipinski definition) is 17. The Morgan fingerprint density at radius 2 is 1.32 bits per heavy atom. The smallest absolute Gasteiger partial charge is 0.302 e. The van der Waals surface area contributed by atoms with Gasteiger partial charge in [0.15, 0.2) is 6.23 Å². The molecular weight excluding hydrogens is 985 g/mol. The van der Waals surface area contributed by atoms with Gasteiger partial charge in [-0.25, -0.2) is 4.68 Å². The Bertz CT molecular complexity index is 3040. The van der Waals surface area contributed by atoms with Crippen molar-refractivity contribution < 1.29 is 38.1 Å². The molecule has 0 radical (unpaired) electrons. The van der Waals surface area contributed by atoms with Crippen LogP contribution < -0.4 is 19.9 Å². The van der Waals surface area contributed by atoms with Gasteiger partial charge >= 0.3 is 11.9 Å². The van der Waals surface area contributed by atoms with Crippen LogP contribution in [0.2, 0.25) is 0 Å². The lowest BCUT2D eigenvalue weighted by molar-refractivity contribution is -0.176. The molecule has 6 aromatic rings. The third-order valence-electron chi connectivity index (χ3n) is 13.8. The van der Waals surface area contributed by atoms with Gasteiger partial charge in [-0.1, -0.05) is 51.9 Å². The minimum atomic E-state index is -1.03. The lowest BCUT2D eigenvalue weighted by Crippen LogP contribution is -2.47. The van der Waals surface area contributed by atoms with Gasteiger partial charge in [0, 0.05) is 106 Å². The van der Waals surface area contributed by atoms with Gasteiger partial charge in [-0.3, -0.25) is 33.4 Å². The van der Waals surface area contributed by atoms with E-state index in [9.17, 15) is 19.2 Å². The average molecular weight is 1050 g/mol. The summed E-state index contributed by atoms with van der Waals surface area (Å²) in [6.07, 6.45) is 8.52. The van der Waals surface area contributed by atoms with Gasteiger partial charge in [0.2, 0.25) is 5.91 Å². The van der Waals surface area contributed by atoms with E-state index in [4.69, 9.17) is 25.4 Å². The van der Waals surface area contributed by atoms with Crippen LogP contribution in [0.15, 0.2) is 79.3 Å². The molecule has 22 nitrogen and oxygen atoms in total. The molecular formula is C55H68N14O8. The van der Waals surface area contributed by atoms with E-state index in [1.54, 1.807) is 29.4 Å². The predicted molar refractivity (Wildman–Crippen MR) is 284 cm³/mol. The first-order valence-electron chi connectivity index (χ1n) is 26.1. The van der Waals surface area contributed by atoms with Crippen LogP contribution in [-0.2, 0) is 66.9 Å². The number of nitrogens with one attached hydrogen (secondary N) is 1. The summed E-state index contributed by atoms with van der Waals surface area (Å²) in [4.78, 5) is 59.1. The molecule has 2 aliphatic heterocycles. The highest BCUT2D eigenvalue weighted by molar-refractivity contribution is 6.02. The van der Waals surface area contributed by atoms with Gasteiger partial charge in [-0.05, 0) is 65.3 Å². The van der Waals surface area contributed by atoms with E-state index in [1.807, 2.05) is 40.4 Å². The first-order chi connectivity index (χ1) is 37.1. The number of aryl methyl sites for hydroxylation is 2. The zero-order chi connectivity index (χ0) is 55.0. The molecule has 77 heavy (non-hydrogen) atoms. The minimum absolute atomic E-state index is 0.114. The molecule has 8 rings (SSSR count). The molecule has 0 fully saturated rings. The summed E-state index contributed by atoms with van der Waals surface area (Å²) < 4.78 is 28.7. The number of hydrogen-bond donors (Lipinski definition) is 1. The first-order valence-corrected chi connectivity index (χ1v) is 26.1. The molecule has 0 aliphatic carbocycles. The number of aromatic nitrogens is 9. The van der Waals surface area contributed by atoms with Crippen LogP contribution in [0.4, 0.5) is 11.4 Å². The van der Waals surface area contributed by atoms with E-state index < -0.39 is 42.0 Å². The van der Waals surface area contributed by atoms with E-state index in [2.05, 4.69) is 122 Å². The van der Waals surface area contributed by atoms with E-state index in [0.717, 1.165) is 54.2 Å². The Morgan fingerprint density at radius 1 is 0.753 bits per heavy atom. The molecule has 0 saturated carbocycles. The van der Waals surface area contributed by atoms with Gasteiger partial charge in [0.25, 0.3) is 5.91 Å². The molecule has 3 aromatic heterocycles. The molecule has 22 heteroatoms. The molecule has 4 unspecified atom stereocenters. The van der Waals surface area contributed by atoms with Gasteiger partial charge < -0.3 is 39.0 Å². The summed E-state index contributed by atoms with van der Waals surface area (Å²) in [5, 5.41) is 29.5. The van der Waals surface area contributed by atoms with Crippen LogP contribution >= 0.6 is 0 Å². The first kappa shape index (κ1) is 55.1. The summed E-state index contributed by atoms with van der Waals surface area (Å²) in [5.41, 5.74) is 6.10. The lowest BCUT2D eigenvalue weighted by atomic mass is 9.74. The maximum atomic E-state index is 14.9. The van der Waals surface area contributed by atoms with Crippen LogP contribution in [0.3, 0.4) is 0 Å². The number of ether oxygens (including phenoxy) is 4. The predicted octanol–water partition coefficient (Wildman–Crippen LogP) is 5.47. The van der Waals surface area contributed by atoms with Crippen molar-refractivity contribution >= 4 is 35.1 Å². The van der Waals surface area contributed by atoms with Gasteiger partial charge in [0.1, 0.15) is 41.5 Å². The molecule has 4 atom stereocenters. The number of esters is 2. The van der Waals surface area contributed by atoms with Gasteiger partial charge in [-0.2, -0.15) is 0 Å². The van der Waals surface area contributed by atoms with Crippen LogP contribution in [0.5, 0.6) is 11.5 Å². The average Bonchev–Trinajstić information content (AvgIpc) is 4.22. The van der Waals surface area contributed by atoms with Crippen molar-refractivity contribution in [2.24, 2.45) is 0 Å². The number of carbonyl (C=O) groups is 4. The third-order valence-corrected chi connectivity index (χ3v) is 13.8. The molecule has 406 valence electrons. The lowest BCUT2D eigenvalue weighted by Gasteiger charge is -2.44. The van der Waals surface area contributed by atoms with Crippen molar-refractivity contribution in [2.75, 3.05) is 49.1 Å². The van der Waals surface area contributed by atoms with Crippen LogP contribution in [0.25, 0.3) is 0 Å². The van der Waals surface area contributed by atoms with Crippen molar-refractivity contribution in [3.63, 3.8) is 0 Å². The normalized spacial score (nSPS) is 14.7. The molecule has 0 saturated heterocycles. The zero-order valence-electron chi connectivity index (χ0n) is 45.3. The second kappa shape index (κ2) is 24.2. The summed E-state index contributed by atoms with van der Waals surface area (Å²) in [6.45, 7) is 20.7. The van der Waals surface area contributed by atoms with E-state index in [0.29, 0.717) is 53.8 Å². The summed E-state index contributed by atoms with van der Waals surface area (Å²) in [6, 6.07) is 19.9. The third kappa shape index (κ3) is 12.0. The molecule has 0 bridgehead atoms. The maximum absolute atomic E-state index is 14.9. The summed E-state index contributed by atoms with van der Waals surface area (Å²) >= 11 is 0. The highest BCUT2D eigenvalue weighted by Gasteiger charge is 2.56. The second-order valence-electron chi connectivity index (χ2n) is 19.1. The number of nitrogens with zero attached hydrogens (tertiary/aromatic N) is 13. The fourth-order valence-corrected chi connectivity index (χ4v) is 10.3. The zero-order valence-corrected chi connectivity index (χ0v) is 45.3. The fraction of sp³-hybridized carbons (Fsp3) is 0.455. The van der Waals surface area contributed by atoms with Crippen molar-refractivity contribution in [2.45, 2.75) is 125 Å².